The minimum absolute atomic E-state index is 0.509. The van der Waals surface area contributed by atoms with Gasteiger partial charge < -0.3 is 4.74 Å². The van der Waals surface area contributed by atoms with Crippen LogP contribution in [0.15, 0.2) is 60.8 Å². The molecule has 0 amide bonds. The van der Waals surface area contributed by atoms with Crippen molar-refractivity contribution in [2.45, 2.75) is 25.7 Å². The van der Waals surface area contributed by atoms with E-state index in [2.05, 4.69) is 48.3 Å². The van der Waals surface area contributed by atoms with E-state index in [1.807, 2.05) is 24.4 Å². The number of pyridine rings is 1. The van der Waals surface area contributed by atoms with Gasteiger partial charge in [-0.3, -0.25) is 4.98 Å². The highest BCUT2D eigenvalue weighted by atomic mass is 16.5. The van der Waals surface area contributed by atoms with Gasteiger partial charge in [0, 0.05) is 11.6 Å². The smallest absolute Gasteiger partial charge is 0.118 e. The largest absolute Gasteiger partial charge is 0.497 e. The number of fused-ring (bicyclic) bond motifs is 1. The number of aryl methyl sites for hydroxylation is 1. The first-order valence-electron chi connectivity index (χ1n) is 7.74. The number of para-hydroxylation sites is 1. The highest BCUT2D eigenvalue weighted by Gasteiger charge is 2.10. The third kappa shape index (κ3) is 3.11. The maximum absolute atomic E-state index is 5.21. The molecule has 3 aromatic rings. The second kappa shape index (κ2) is 6.61. The average Bonchev–Trinajstić information content (AvgIpc) is 2.59. The van der Waals surface area contributed by atoms with Crippen molar-refractivity contribution < 1.29 is 4.74 Å². The molecule has 22 heavy (non-hydrogen) atoms. The Balaban J connectivity index is 1.74. The summed E-state index contributed by atoms with van der Waals surface area (Å²) in [5.74, 6) is 1.42. The summed E-state index contributed by atoms with van der Waals surface area (Å²) in [5, 5.41) is 1.27. The van der Waals surface area contributed by atoms with Crippen LogP contribution in [-0.4, -0.2) is 12.1 Å². The molecule has 0 bridgehead atoms. The Kier molecular flexibility index (Phi) is 4.38. The maximum atomic E-state index is 5.21. The van der Waals surface area contributed by atoms with Crippen molar-refractivity contribution in [3.05, 3.63) is 71.9 Å². The summed E-state index contributed by atoms with van der Waals surface area (Å²) in [4.78, 5) is 4.45. The van der Waals surface area contributed by atoms with Gasteiger partial charge in [-0.15, -0.1) is 0 Å². The molecule has 0 N–H and O–H groups in total. The monoisotopic (exact) mass is 291 g/mol. The van der Waals surface area contributed by atoms with Crippen LogP contribution in [0.2, 0.25) is 0 Å². The van der Waals surface area contributed by atoms with Gasteiger partial charge in [0.05, 0.1) is 12.6 Å². The van der Waals surface area contributed by atoms with Crippen LogP contribution >= 0.6 is 0 Å². The van der Waals surface area contributed by atoms with Crippen LogP contribution in [0.1, 0.15) is 30.4 Å². The number of benzene rings is 2. The van der Waals surface area contributed by atoms with E-state index in [1.165, 1.54) is 16.5 Å². The minimum Gasteiger partial charge on any atom is -0.497 e. The number of aromatic nitrogens is 1. The summed E-state index contributed by atoms with van der Waals surface area (Å²) in [6.45, 7) is 2.30. The Labute approximate surface area is 131 Å². The zero-order valence-electron chi connectivity index (χ0n) is 13.1. The summed E-state index contributed by atoms with van der Waals surface area (Å²) in [6.07, 6.45) is 4.11. The summed E-state index contributed by atoms with van der Waals surface area (Å²) in [5.41, 5.74) is 3.82. The van der Waals surface area contributed by atoms with Crippen molar-refractivity contribution >= 4 is 10.9 Å². The summed E-state index contributed by atoms with van der Waals surface area (Å²) in [7, 11) is 1.70. The van der Waals surface area contributed by atoms with E-state index in [4.69, 9.17) is 4.74 Å². The lowest BCUT2D eigenvalue weighted by Gasteiger charge is -2.14. The molecule has 0 fully saturated rings. The van der Waals surface area contributed by atoms with Crippen molar-refractivity contribution in [2.24, 2.45) is 0 Å². The van der Waals surface area contributed by atoms with Crippen LogP contribution in [-0.2, 0) is 6.42 Å². The number of hydrogen-bond donors (Lipinski definition) is 0. The predicted octanol–water partition coefficient (Wildman–Crippen LogP) is 4.98. The molecule has 0 aliphatic rings. The zero-order chi connectivity index (χ0) is 15.4. The van der Waals surface area contributed by atoms with E-state index in [1.54, 1.807) is 7.11 Å². The van der Waals surface area contributed by atoms with Crippen molar-refractivity contribution in [2.75, 3.05) is 7.11 Å². The van der Waals surface area contributed by atoms with Crippen LogP contribution in [0.25, 0.3) is 10.9 Å². The van der Waals surface area contributed by atoms with Crippen LogP contribution < -0.4 is 4.74 Å². The first kappa shape index (κ1) is 14.6. The molecule has 2 heteroatoms. The third-order valence-corrected chi connectivity index (χ3v) is 4.24. The fourth-order valence-corrected chi connectivity index (χ4v) is 2.88. The normalized spacial score (nSPS) is 12.3. The van der Waals surface area contributed by atoms with Crippen molar-refractivity contribution in [1.82, 2.24) is 4.98 Å². The molecule has 1 heterocycles. The summed E-state index contributed by atoms with van der Waals surface area (Å²) in [6, 6.07) is 18.9. The van der Waals surface area contributed by atoms with Gasteiger partial charge in [0.15, 0.2) is 0 Å². The van der Waals surface area contributed by atoms with Crippen molar-refractivity contribution in [3.8, 4) is 5.75 Å². The van der Waals surface area contributed by atoms with Gasteiger partial charge in [0.2, 0.25) is 0 Å². The topological polar surface area (TPSA) is 22.1 Å². The maximum Gasteiger partial charge on any atom is 0.118 e. The van der Waals surface area contributed by atoms with E-state index >= 15 is 0 Å². The second-order valence-electron chi connectivity index (χ2n) is 5.71. The second-order valence-corrected chi connectivity index (χ2v) is 5.71. The first-order chi connectivity index (χ1) is 10.8. The lowest BCUT2D eigenvalue weighted by atomic mass is 9.92. The van der Waals surface area contributed by atoms with E-state index < -0.39 is 0 Å². The lowest BCUT2D eigenvalue weighted by Crippen LogP contribution is -1.98. The van der Waals surface area contributed by atoms with Crippen molar-refractivity contribution in [3.63, 3.8) is 0 Å². The van der Waals surface area contributed by atoms with Gasteiger partial charge in [-0.05, 0) is 54.2 Å². The quantitative estimate of drug-likeness (QED) is 0.661. The van der Waals surface area contributed by atoms with Crippen LogP contribution in [0.4, 0.5) is 0 Å². The molecule has 112 valence electrons. The highest BCUT2D eigenvalue weighted by molar-refractivity contribution is 5.82. The van der Waals surface area contributed by atoms with Gasteiger partial charge in [-0.1, -0.05) is 37.3 Å². The molecule has 0 unspecified atom stereocenters. The van der Waals surface area contributed by atoms with Crippen LogP contribution in [0.3, 0.4) is 0 Å². The Morgan fingerprint density at radius 3 is 2.55 bits per heavy atom. The van der Waals surface area contributed by atoms with Crippen molar-refractivity contribution in [1.29, 1.82) is 0 Å². The lowest BCUT2D eigenvalue weighted by molar-refractivity contribution is 0.414. The molecule has 3 rings (SSSR count). The van der Waals surface area contributed by atoms with Crippen LogP contribution in [0.5, 0.6) is 5.75 Å². The van der Waals surface area contributed by atoms with E-state index in [0.29, 0.717) is 5.92 Å². The fraction of sp³-hybridized carbons (Fsp3) is 0.250. The van der Waals surface area contributed by atoms with E-state index in [0.717, 1.165) is 24.1 Å². The summed E-state index contributed by atoms with van der Waals surface area (Å²) < 4.78 is 5.21. The molecular weight excluding hydrogens is 270 g/mol. The van der Waals surface area contributed by atoms with Gasteiger partial charge in [0.1, 0.15) is 5.75 Å². The number of hydrogen-bond acceptors (Lipinski definition) is 2. The van der Waals surface area contributed by atoms with Gasteiger partial charge in [-0.25, -0.2) is 0 Å². The number of ether oxygens (including phenoxy) is 1. The molecule has 0 spiro atoms. The molecule has 2 nitrogen and oxygen atoms in total. The third-order valence-electron chi connectivity index (χ3n) is 4.24. The molecule has 1 aromatic heterocycles. The van der Waals surface area contributed by atoms with Gasteiger partial charge in [-0.2, -0.15) is 0 Å². The molecule has 0 saturated heterocycles. The minimum atomic E-state index is 0.509. The molecular formula is C20H21NO. The SMILES string of the molecule is COc1ccc(CC[C@H](C)c2ccnc3ccccc23)cc1. The zero-order valence-corrected chi connectivity index (χ0v) is 13.1. The predicted molar refractivity (Wildman–Crippen MR) is 91.5 cm³/mol. The van der Waals surface area contributed by atoms with E-state index in [-0.39, 0.29) is 0 Å². The van der Waals surface area contributed by atoms with E-state index in [9.17, 15) is 0 Å². The average molecular weight is 291 g/mol. The van der Waals surface area contributed by atoms with Gasteiger partial charge >= 0.3 is 0 Å². The first-order valence-corrected chi connectivity index (χ1v) is 7.74. The fourth-order valence-electron chi connectivity index (χ4n) is 2.88. The summed E-state index contributed by atoms with van der Waals surface area (Å²) >= 11 is 0. The molecule has 2 aromatic carbocycles. The number of rotatable bonds is 5. The highest BCUT2D eigenvalue weighted by Crippen LogP contribution is 2.27. The molecule has 0 aliphatic heterocycles. The molecule has 0 radical (unpaired) electrons. The molecule has 0 saturated carbocycles. The standard InChI is InChI=1S/C20H21NO/c1-15(7-8-16-9-11-17(22-2)12-10-16)18-13-14-21-20-6-4-3-5-19(18)20/h3-6,9-15H,7-8H2,1-2H3/t15-/m0/s1. The Hall–Kier alpha value is -2.35. The Morgan fingerprint density at radius 2 is 1.77 bits per heavy atom. The van der Waals surface area contributed by atoms with Crippen LogP contribution in [0, 0.1) is 0 Å². The molecule has 1 atom stereocenters. The molecule has 0 aliphatic carbocycles. The number of nitrogens with zero attached hydrogens (tertiary/aromatic N) is 1. The Bertz CT molecular complexity index is 744. The number of methoxy groups -OCH3 is 1. The Morgan fingerprint density at radius 1 is 1.00 bits per heavy atom. The van der Waals surface area contributed by atoms with Gasteiger partial charge in [0.25, 0.3) is 0 Å².